The van der Waals surface area contributed by atoms with Crippen LogP contribution in [0.25, 0.3) is 0 Å². The predicted molar refractivity (Wildman–Crippen MR) is 85.8 cm³/mol. The molecule has 0 radical (unpaired) electrons. The van der Waals surface area contributed by atoms with Crippen LogP contribution in [0.5, 0.6) is 5.88 Å². The maximum atomic E-state index is 6.21. The van der Waals surface area contributed by atoms with Gasteiger partial charge in [0.05, 0.1) is 13.2 Å². The topological polar surface area (TPSA) is 73.5 Å². The van der Waals surface area contributed by atoms with Crippen molar-refractivity contribution in [3.63, 3.8) is 0 Å². The molecule has 0 bridgehead atoms. The monoisotopic (exact) mass is 296 g/mol. The van der Waals surface area contributed by atoms with Crippen LogP contribution in [0, 0.1) is 0 Å². The van der Waals surface area contributed by atoms with E-state index in [1.54, 1.807) is 7.11 Å². The molecule has 120 valence electrons. The minimum absolute atomic E-state index is 0.372. The van der Waals surface area contributed by atoms with Crippen LogP contribution in [0.2, 0.25) is 0 Å². The summed E-state index contributed by atoms with van der Waals surface area (Å²) in [6.45, 7) is 8.36. The number of hydrogen-bond donors (Lipinski definition) is 1. The zero-order valence-electron chi connectivity index (χ0n) is 13.6. The van der Waals surface area contributed by atoms with Gasteiger partial charge in [0, 0.05) is 19.7 Å². The van der Waals surface area contributed by atoms with Gasteiger partial charge in [0.25, 0.3) is 0 Å². The number of hydrogen-bond acceptors (Lipinski definition) is 6. The average molecular weight is 296 g/mol. The van der Waals surface area contributed by atoms with E-state index in [0.29, 0.717) is 30.8 Å². The molecule has 1 aromatic heterocycles. The second-order valence-corrected chi connectivity index (χ2v) is 4.92. The highest BCUT2D eigenvalue weighted by Gasteiger charge is 2.21. The third-order valence-electron chi connectivity index (χ3n) is 3.46. The molecular formula is C15H28N4O2. The Labute approximate surface area is 127 Å². The summed E-state index contributed by atoms with van der Waals surface area (Å²) in [7, 11) is 1.70. The zero-order chi connectivity index (χ0) is 15.7. The number of ether oxygens (including phenoxy) is 2. The molecular weight excluding hydrogens is 268 g/mol. The van der Waals surface area contributed by atoms with Crippen molar-refractivity contribution in [1.82, 2.24) is 9.97 Å². The number of methoxy groups -OCH3 is 1. The van der Waals surface area contributed by atoms with Crippen LogP contribution in [0.4, 0.5) is 11.5 Å². The van der Waals surface area contributed by atoms with Gasteiger partial charge < -0.3 is 20.1 Å². The van der Waals surface area contributed by atoms with Crippen molar-refractivity contribution in [1.29, 1.82) is 0 Å². The highest BCUT2D eigenvalue weighted by atomic mass is 16.5. The fraction of sp³-hybridized carbons (Fsp3) is 0.733. The molecule has 0 saturated heterocycles. The number of rotatable bonds is 10. The first-order valence-electron chi connectivity index (χ1n) is 7.68. The van der Waals surface area contributed by atoms with Gasteiger partial charge in [-0.1, -0.05) is 20.8 Å². The standard InChI is InChI=1S/C15H28N4O2/c1-5-9-21-15-13(16)14(17-11-18-15)19(8-10-20-4)12(6-2)7-3/h11-12H,5-10,16H2,1-4H3. The van der Waals surface area contributed by atoms with Gasteiger partial charge in [-0.15, -0.1) is 0 Å². The van der Waals surface area contributed by atoms with Crippen LogP contribution in [-0.4, -0.2) is 42.9 Å². The SMILES string of the molecule is CCCOc1ncnc(N(CCOC)C(CC)CC)c1N. The Morgan fingerprint density at radius 1 is 1.19 bits per heavy atom. The van der Waals surface area contributed by atoms with Crippen LogP contribution in [0.3, 0.4) is 0 Å². The molecule has 0 atom stereocenters. The maximum Gasteiger partial charge on any atom is 0.242 e. The summed E-state index contributed by atoms with van der Waals surface area (Å²) in [6.07, 6.45) is 4.47. The smallest absolute Gasteiger partial charge is 0.242 e. The van der Waals surface area contributed by atoms with Crippen molar-refractivity contribution in [2.75, 3.05) is 37.5 Å². The molecule has 21 heavy (non-hydrogen) atoms. The minimum atomic E-state index is 0.372. The van der Waals surface area contributed by atoms with Crippen molar-refractivity contribution in [2.45, 2.75) is 46.1 Å². The zero-order valence-corrected chi connectivity index (χ0v) is 13.6. The van der Waals surface area contributed by atoms with Crippen LogP contribution in [-0.2, 0) is 4.74 Å². The molecule has 2 N–H and O–H groups in total. The number of aromatic nitrogens is 2. The molecule has 0 aliphatic rings. The average Bonchev–Trinajstić information content (AvgIpc) is 2.51. The number of anilines is 2. The Morgan fingerprint density at radius 3 is 2.48 bits per heavy atom. The van der Waals surface area contributed by atoms with E-state index in [1.165, 1.54) is 6.33 Å². The van der Waals surface area contributed by atoms with E-state index in [2.05, 4.69) is 28.7 Å². The van der Waals surface area contributed by atoms with Crippen LogP contribution in [0.1, 0.15) is 40.0 Å². The first-order chi connectivity index (χ1) is 10.2. The summed E-state index contributed by atoms with van der Waals surface area (Å²) < 4.78 is 10.8. The molecule has 0 aromatic carbocycles. The lowest BCUT2D eigenvalue weighted by Gasteiger charge is -2.32. The lowest BCUT2D eigenvalue weighted by Crippen LogP contribution is -2.38. The highest BCUT2D eigenvalue weighted by molar-refractivity contribution is 5.68. The van der Waals surface area contributed by atoms with Gasteiger partial charge in [-0.25, -0.2) is 4.98 Å². The Bertz CT molecular complexity index is 411. The molecule has 0 aliphatic carbocycles. The Hall–Kier alpha value is -1.56. The molecule has 0 saturated carbocycles. The van der Waals surface area contributed by atoms with Crippen LogP contribution >= 0.6 is 0 Å². The minimum Gasteiger partial charge on any atom is -0.476 e. The third-order valence-corrected chi connectivity index (χ3v) is 3.46. The lowest BCUT2D eigenvalue weighted by atomic mass is 10.1. The van der Waals surface area contributed by atoms with E-state index in [0.717, 1.165) is 31.6 Å². The number of nitrogens with zero attached hydrogens (tertiary/aromatic N) is 3. The van der Waals surface area contributed by atoms with E-state index < -0.39 is 0 Å². The second-order valence-electron chi connectivity index (χ2n) is 4.92. The molecule has 6 heteroatoms. The molecule has 0 amide bonds. The molecule has 0 spiro atoms. The fourth-order valence-corrected chi connectivity index (χ4v) is 2.29. The summed E-state index contributed by atoms with van der Waals surface area (Å²) in [4.78, 5) is 10.7. The maximum absolute atomic E-state index is 6.21. The van der Waals surface area contributed by atoms with E-state index in [4.69, 9.17) is 15.2 Å². The van der Waals surface area contributed by atoms with Gasteiger partial charge in [0.1, 0.15) is 12.0 Å². The second kappa shape index (κ2) is 9.39. The van der Waals surface area contributed by atoms with Crippen molar-refractivity contribution in [3.8, 4) is 5.88 Å². The summed E-state index contributed by atoms with van der Waals surface area (Å²) in [5, 5.41) is 0. The highest BCUT2D eigenvalue weighted by Crippen LogP contribution is 2.30. The van der Waals surface area contributed by atoms with Gasteiger partial charge in [-0.05, 0) is 19.3 Å². The summed E-state index contributed by atoms with van der Waals surface area (Å²) in [5.41, 5.74) is 6.72. The molecule has 6 nitrogen and oxygen atoms in total. The van der Waals surface area contributed by atoms with Gasteiger partial charge in [0.2, 0.25) is 5.88 Å². The molecule has 1 rings (SSSR count). The van der Waals surface area contributed by atoms with Gasteiger partial charge in [-0.3, -0.25) is 0 Å². The molecule has 1 aromatic rings. The van der Waals surface area contributed by atoms with Gasteiger partial charge >= 0.3 is 0 Å². The van der Waals surface area contributed by atoms with Crippen molar-refractivity contribution < 1.29 is 9.47 Å². The number of nitrogens with two attached hydrogens (primary N) is 1. The molecule has 0 fully saturated rings. The Kier molecular flexibility index (Phi) is 7.82. The summed E-state index contributed by atoms with van der Waals surface area (Å²) >= 11 is 0. The fourth-order valence-electron chi connectivity index (χ4n) is 2.29. The van der Waals surface area contributed by atoms with E-state index in [9.17, 15) is 0 Å². The lowest BCUT2D eigenvalue weighted by molar-refractivity contribution is 0.202. The summed E-state index contributed by atoms with van der Waals surface area (Å²) in [6, 6.07) is 0.372. The Balaban J connectivity index is 3.05. The molecule has 0 aliphatic heterocycles. The van der Waals surface area contributed by atoms with Gasteiger partial charge in [0.15, 0.2) is 5.82 Å². The van der Waals surface area contributed by atoms with Gasteiger partial charge in [-0.2, -0.15) is 4.98 Å². The van der Waals surface area contributed by atoms with Crippen molar-refractivity contribution in [3.05, 3.63) is 6.33 Å². The van der Waals surface area contributed by atoms with Crippen LogP contribution in [0.15, 0.2) is 6.33 Å². The first-order valence-corrected chi connectivity index (χ1v) is 7.68. The third kappa shape index (κ3) is 4.74. The Morgan fingerprint density at radius 2 is 1.90 bits per heavy atom. The van der Waals surface area contributed by atoms with Crippen molar-refractivity contribution >= 4 is 11.5 Å². The molecule has 0 unspecified atom stereocenters. The predicted octanol–water partition coefficient (Wildman–Crippen LogP) is 2.49. The first kappa shape index (κ1) is 17.5. The number of nitrogen functional groups attached to an aromatic ring is 1. The van der Waals surface area contributed by atoms with E-state index in [-0.39, 0.29) is 0 Å². The normalized spacial score (nSPS) is 10.9. The summed E-state index contributed by atoms with van der Waals surface area (Å²) in [5.74, 6) is 1.21. The largest absolute Gasteiger partial charge is 0.476 e. The van der Waals surface area contributed by atoms with Crippen molar-refractivity contribution in [2.24, 2.45) is 0 Å². The quantitative estimate of drug-likeness (QED) is 0.715. The van der Waals surface area contributed by atoms with Crippen LogP contribution < -0.4 is 15.4 Å². The van der Waals surface area contributed by atoms with E-state index >= 15 is 0 Å². The molecule has 1 heterocycles. The van der Waals surface area contributed by atoms with E-state index in [1.807, 2.05) is 6.92 Å².